The van der Waals surface area contributed by atoms with Crippen LogP contribution in [0, 0.1) is 5.82 Å². The van der Waals surface area contributed by atoms with Gasteiger partial charge in [-0.15, -0.1) is 0 Å². The molecule has 1 heterocycles. The molecule has 0 aliphatic heterocycles. The minimum absolute atomic E-state index is 0.242. The Hall–Kier alpha value is -1.94. The van der Waals surface area contributed by atoms with Crippen LogP contribution in [0.2, 0.25) is 0 Å². The molecule has 1 aromatic carbocycles. The maximum Gasteiger partial charge on any atom is 0.123 e. The summed E-state index contributed by atoms with van der Waals surface area (Å²) in [7, 11) is 0. The van der Waals surface area contributed by atoms with Gasteiger partial charge in [0.2, 0.25) is 0 Å². The minimum atomic E-state index is -0.283. The Morgan fingerprint density at radius 1 is 1.24 bits per heavy atom. The topological polar surface area (TPSA) is 48.1 Å². The van der Waals surface area contributed by atoms with E-state index < -0.39 is 0 Å². The van der Waals surface area contributed by atoms with E-state index in [9.17, 15) is 4.39 Å². The lowest BCUT2D eigenvalue weighted by molar-refractivity contribution is 0.290. The molecule has 4 heteroatoms. The van der Waals surface area contributed by atoms with Crippen LogP contribution in [0.3, 0.4) is 0 Å². The van der Waals surface area contributed by atoms with Crippen molar-refractivity contribution in [1.29, 1.82) is 0 Å². The monoisotopic (exact) mass is 232 g/mol. The fourth-order valence-corrected chi connectivity index (χ4v) is 1.41. The second-order valence-corrected chi connectivity index (χ2v) is 3.66. The zero-order valence-electron chi connectivity index (χ0n) is 9.21. The van der Waals surface area contributed by atoms with Crippen molar-refractivity contribution in [3.05, 3.63) is 60.2 Å². The standard InChI is InChI=1S/C13H13FN2O/c14-11-3-5-12(6-4-11)17-9-13(15)10-2-1-7-16-8-10/h1-8,13H,9,15H2. The number of pyridine rings is 1. The zero-order valence-corrected chi connectivity index (χ0v) is 9.21. The van der Waals surface area contributed by atoms with Gasteiger partial charge in [0.05, 0.1) is 6.04 Å². The van der Waals surface area contributed by atoms with E-state index in [1.54, 1.807) is 24.5 Å². The molecule has 0 bridgehead atoms. The molecular formula is C13H13FN2O. The van der Waals surface area contributed by atoms with Gasteiger partial charge in [-0.25, -0.2) is 4.39 Å². The summed E-state index contributed by atoms with van der Waals surface area (Å²) in [4.78, 5) is 3.99. The molecule has 0 spiro atoms. The van der Waals surface area contributed by atoms with Crippen molar-refractivity contribution in [2.45, 2.75) is 6.04 Å². The number of rotatable bonds is 4. The molecule has 0 fully saturated rings. The van der Waals surface area contributed by atoms with Gasteiger partial charge < -0.3 is 10.5 Å². The third-order valence-electron chi connectivity index (χ3n) is 2.36. The molecule has 2 N–H and O–H groups in total. The van der Waals surface area contributed by atoms with E-state index in [1.165, 1.54) is 12.1 Å². The Morgan fingerprint density at radius 2 is 2.00 bits per heavy atom. The van der Waals surface area contributed by atoms with Crippen LogP contribution in [0.25, 0.3) is 0 Å². The largest absolute Gasteiger partial charge is 0.492 e. The molecule has 0 aliphatic rings. The summed E-state index contributed by atoms with van der Waals surface area (Å²) in [5, 5.41) is 0. The van der Waals surface area contributed by atoms with E-state index in [-0.39, 0.29) is 11.9 Å². The first kappa shape index (κ1) is 11.5. The smallest absolute Gasteiger partial charge is 0.123 e. The van der Waals surface area contributed by atoms with E-state index in [2.05, 4.69) is 4.98 Å². The number of aromatic nitrogens is 1. The van der Waals surface area contributed by atoms with Gasteiger partial charge in [0, 0.05) is 12.4 Å². The van der Waals surface area contributed by atoms with Crippen molar-refractivity contribution in [2.24, 2.45) is 5.73 Å². The molecular weight excluding hydrogens is 219 g/mol. The summed E-state index contributed by atoms with van der Waals surface area (Å²) >= 11 is 0. The highest BCUT2D eigenvalue weighted by atomic mass is 19.1. The number of ether oxygens (including phenoxy) is 1. The number of nitrogens with zero attached hydrogens (tertiary/aromatic N) is 1. The summed E-state index contributed by atoms with van der Waals surface area (Å²) in [5.41, 5.74) is 6.85. The van der Waals surface area contributed by atoms with Crippen LogP contribution >= 0.6 is 0 Å². The quantitative estimate of drug-likeness (QED) is 0.879. The molecule has 1 aromatic heterocycles. The fourth-order valence-electron chi connectivity index (χ4n) is 1.41. The van der Waals surface area contributed by atoms with Crippen LogP contribution in [0.5, 0.6) is 5.75 Å². The maximum atomic E-state index is 12.7. The van der Waals surface area contributed by atoms with Crippen LogP contribution < -0.4 is 10.5 Å². The lowest BCUT2D eigenvalue weighted by Crippen LogP contribution is -2.19. The highest BCUT2D eigenvalue weighted by Crippen LogP contribution is 2.14. The van der Waals surface area contributed by atoms with Gasteiger partial charge in [0.15, 0.2) is 0 Å². The first-order valence-corrected chi connectivity index (χ1v) is 5.29. The van der Waals surface area contributed by atoms with E-state index in [0.717, 1.165) is 5.56 Å². The van der Waals surface area contributed by atoms with Crippen LogP contribution in [0.15, 0.2) is 48.8 Å². The van der Waals surface area contributed by atoms with Crippen LogP contribution in [-0.4, -0.2) is 11.6 Å². The van der Waals surface area contributed by atoms with E-state index in [4.69, 9.17) is 10.5 Å². The molecule has 1 atom stereocenters. The van der Waals surface area contributed by atoms with Crippen molar-refractivity contribution < 1.29 is 9.13 Å². The Balaban J connectivity index is 1.92. The molecule has 3 nitrogen and oxygen atoms in total. The number of nitrogens with two attached hydrogens (primary N) is 1. The Morgan fingerprint density at radius 3 is 2.65 bits per heavy atom. The van der Waals surface area contributed by atoms with Crippen molar-refractivity contribution in [2.75, 3.05) is 6.61 Å². The molecule has 0 aliphatic carbocycles. The maximum absolute atomic E-state index is 12.7. The average Bonchev–Trinajstić information content (AvgIpc) is 2.39. The summed E-state index contributed by atoms with van der Waals surface area (Å²) in [6.07, 6.45) is 3.40. The molecule has 1 unspecified atom stereocenters. The SMILES string of the molecule is NC(COc1ccc(F)cc1)c1cccnc1. The van der Waals surface area contributed by atoms with Crippen molar-refractivity contribution in [3.8, 4) is 5.75 Å². The minimum Gasteiger partial charge on any atom is -0.492 e. The summed E-state index contributed by atoms with van der Waals surface area (Å²) in [6, 6.07) is 9.33. The molecule has 2 rings (SSSR count). The average molecular weight is 232 g/mol. The first-order valence-electron chi connectivity index (χ1n) is 5.29. The third-order valence-corrected chi connectivity index (χ3v) is 2.36. The molecule has 0 saturated heterocycles. The molecule has 88 valence electrons. The fraction of sp³-hybridized carbons (Fsp3) is 0.154. The van der Waals surface area contributed by atoms with Gasteiger partial charge in [-0.2, -0.15) is 0 Å². The lowest BCUT2D eigenvalue weighted by Gasteiger charge is -2.12. The number of hydrogen-bond acceptors (Lipinski definition) is 3. The Labute approximate surface area is 99.1 Å². The summed E-state index contributed by atoms with van der Waals surface area (Å²) < 4.78 is 18.1. The second kappa shape index (κ2) is 5.41. The second-order valence-electron chi connectivity index (χ2n) is 3.66. The Bertz CT molecular complexity index is 459. The lowest BCUT2D eigenvalue weighted by atomic mass is 10.1. The number of halogens is 1. The van der Waals surface area contributed by atoms with Gasteiger partial charge in [-0.05, 0) is 35.9 Å². The van der Waals surface area contributed by atoms with Gasteiger partial charge >= 0.3 is 0 Å². The van der Waals surface area contributed by atoms with Gasteiger partial charge in [-0.1, -0.05) is 6.07 Å². The van der Waals surface area contributed by atoms with E-state index in [0.29, 0.717) is 12.4 Å². The van der Waals surface area contributed by atoms with Gasteiger partial charge in [0.25, 0.3) is 0 Å². The molecule has 0 amide bonds. The van der Waals surface area contributed by atoms with E-state index >= 15 is 0 Å². The van der Waals surface area contributed by atoms with Crippen LogP contribution in [-0.2, 0) is 0 Å². The van der Waals surface area contributed by atoms with Crippen molar-refractivity contribution >= 4 is 0 Å². The van der Waals surface area contributed by atoms with E-state index in [1.807, 2.05) is 12.1 Å². The molecule has 2 aromatic rings. The van der Waals surface area contributed by atoms with Gasteiger partial charge in [0.1, 0.15) is 18.2 Å². The van der Waals surface area contributed by atoms with Crippen molar-refractivity contribution in [1.82, 2.24) is 4.98 Å². The van der Waals surface area contributed by atoms with Gasteiger partial charge in [-0.3, -0.25) is 4.98 Å². The summed E-state index contributed by atoms with van der Waals surface area (Å²) in [6.45, 7) is 0.331. The zero-order chi connectivity index (χ0) is 12.1. The first-order chi connectivity index (χ1) is 8.25. The third kappa shape index (κ3) is 3.26. The molecule has 0 radical (unpaired) electrons. The highest BCUT2D eigenvalue weighted by Gasteiger charge is 2.06. The highest BCUT2D eigenvalue weighted by molar-refractivity contribution is 5.22. The Kier molecular flexibility index (Phi) is 3.67. The predicted octanol–water partition coefficient (Wildman–Crippen LogP) is 2.30. The number of benzene rings is 1. The molecule has 17 heavy (non-hydrogen) atoms. The summed E-state index contributed by atoms with van der Waals surface area (Å²) in [5.74, 6) is 0.319. The van der Waals surface area contributed by atoms with Crippen molar-refractivity contribution in [3.63, 3.8) is 0 Å². The van der Waals surface area contributed by atoms with Crippen LogP contribution in [0.4, 0.5) is 4.39 Å². The predicted molar refractivity (Wildman–Crippen MR) is 63.1 cm³/mol. The molecule has 0 saturated carbocycles. The number of hydrogen-bond donors (Lipinski definition) is 1. The van der Waals surface area contributed by atoms with Crippen LogP contribution in [0.1, 0.15) is 11.6 Å². The normalized spacial score (nSPS) is 12.1.